The van der Waals surface area contributed by atoms with Crippen molar-refractivity contribution in [3.8, 4) is 0 Å². The van der Waals surface area contributed by atoms with Gasteiger partial charge in [-0.25, -0.2) is 4.39 Å². The third-order valence-corrected chi connectivity index (χ3v) is 3.52. The van der Waals surface area contributed by atoms with E-state index in [0.29, 0.717) is 16.9 Å². The summed E-state index contributed by atoms with van der Waals surface area (Å²) in [4.78, 5) is 27.3. The van der Waals surface area contributed by atoms with E-state index in [-0.39, 0.29) is 18.4 Å². The molecule has 0 saturated heterocycles. The Hall–Kier alpha value is -2.69. The Morgan fingerprint density at radius 3 is 2.52 bits per heavy atom. The molecule has 0 aromatic heterocycles. The van der Waals surface area contributed by atoms with Crippen molar-refractivity contribution in [2.24, 2.45) is 0 Å². The third-order valence-electron chi connectivity index (χ3n) is 3.52. The Morgan fingerprint density at radius 2 is 1.81 bits per heavy atom. The van der Waals surface area contributed by atoms with E-state index in [1.54, 1.807) is 31.3 Å². The fraction of sp³-hybridized carbons (Fsp3) is 0.125. The Balaban J connectivity index is 2.07. The number of halogens is 1. The number of carbonyl (C=O) groups is 2. The molecule has 4 nitrogen and oxygen atoms in total. The Labute approximate surface area is 121 Å². The summed E-state index contributed by atoms with van der Waals surface area (Å²) in [6, 6.07) is 12.8. The highest BCUT2D eigenvalue weighted by molar-refractivity contribution is 6.15. The molecule has 3 rings (SSSR count). The second kappa shape index (κ2) is 5.01. The van der Waals surface area contributed by atoms with Crippen LogP contribution in [0.1, 0.15) is 10.4 Å². The zero-order valence-corrected chi connectivity index (χ0v) is 11.4. The molecule has 106 valence electrons. The number of likely N-dealkylation sites (N-methyl/N-ethyl adjacent to an activating group) is 1. The van der Waals surface area contributed by atoms with Crippen LogP contribution in [0.15, 0.2) is 48.5 Å². The van der Waals surface area contributed by atoms with Gasteiger partial charge in [-0.2, -0.15) is 0 Å². The number of anilines is 2. The molecule has 2 amide bonds. The van der Waals surface area contributed by atoms with Gasteiger partial charge < -0.3 is 4.90 Å². The van der Waals surface area contributed by atoms with Crippen molar-refractivity contribution in [2.45, 2.75) is 0 Å². The van der Waals surface area contributed by atoms with Crippen LogP contribution in [0.4, 0.5) is 15.8 Å². The minimum atomic E-state index is -0.442. The average molecular weight is 284 g/mol. The van der Waals surface area contributed by atoms with Gasteiger partial charge in [0.1, 0.15) is 12.4 Å². The molecule has 21 heavy (non-hydrogen) atoms. The Kier molecular flexibility index (Phi) is 3.17. The van der Waals surface area contributed by atoms with Crippen molar-refractivity contribution >= 4 is 23.2 Å². The zero-order chi connectivity index (χ0) is 15.0. The van der Waals surface area contributed by atoms with Crippen LogP contribution >= 0.6 is 0 Å². The van der Waals surface area contributed by atoms with Crippen LogP contribution in [-0.2, 0) is 4.79 Å². The van der Waals surface area contributed by atoms with Gasteiger partial charge in [-0.15, -0.1) is 0 Å². The van der Waals surface area contributed by atoms with Gasteiger partial charge in [0.25, 0.3) is 5.91 Å². The van der Waals surface area contributed by atoms with E-state index in [9.17, 15) is 14.0 Å². The van der Waals surface area contributed by atoms with Crippen LogP contribution in [-0.4, -0.2) is 25.4 Å². The molecule has 1 aliphatic heterocycles. The van der Waals surface area contributed by atoms with E-state index in [2.05, 4.69) is 0 Å². The fourth-order valence-corrected chi connectivity index (χ4v) is 2.37. The van der Waals surface area contributed by atoms with Crippen molar-refractivity contribution < 1.29 is 14.0 Å². The summed E-state index contributed by atoms with van der Waals surface area (Å²) in [5.41, 5.74) is 1.42. The maximum Gasteiger partial charge on any atom is 0.258 e. The lowest BCUT2D eigenvalue weighted by Gasteiger charge is -2.34. The van der Waals surface area contributed by atoms with Gasteiger partial charge in [0.15, 0.2) is 0 Å². The maximum absolute atomic E-state index is 13.4. The molecule has 0 radical (unpaired) electrons. The number of fused-ring (bicyclic) bond motifs is 1. The van der Waals surface area contributed by atoms with Crippen LogP contribution in [0.25, 0.3) is 0 Å². The second-order valence-electron chi connectivity index (χ2n) is 4.84. The lowest BCUT2D eigenvalue weighted by molar-refractivity contribution is -0.117. The molecular weight excluding hydrogens is 271 g/mol. The molecule has 0 spiro atoms. The van der Waals surface area contributed by atoms with E-state index >= 15 is 0 Å². The normalized spacial score (nSPS) is 14.1. The highest BCUT2D eigenvalue weighted by atomic mass is 19.1. The van der Waals surface area contributed by atoms with Gasteiger partial charge in [0.2, 0.25) is 5.91 Å². The predicted octanol–water partition coefficient (Wildman–Crippen LogP) is 2.45. The molecule has 5 heteroatoms. The van der Waals surface area contributed by atoms with Crippen LogP contribution in [0.2, 0.25) is 0 Å². The molecule has 0 saturated carbocycles. The van der Waals surface area contributed by atoms with Gasteiger partial charge in [0, 0.05) is 12.6 Å². The number of carbonyl (C=O) groups excluding carboxylic acids is 2. The van der Waals surface area contributed by atoms with Crippen molar-refractivity contribution in [3.63, 3.8) is 0 Å². The Morgan fingerprint density at radius 1 is 1.10 bits per heavy atom. The number of nitrogens with zero attached hydrogens (tertiary/aromatic N) is 2. The lowest BCUT2D eigenvalue weighted by atomic mass is 10.1. The molecule has 0 atom stereocenters. The lowest BCUT2D eigenvalue weighted by Crippen LogP contribution is -2.46. The summed E-state index contributed by atoms with van der Waals surface area (Å²) in [5, 5.41) is 0. The standard InChI is InChI=1S/C16H13FN2O2/c1-18-14-9-12(17)7-8-13(14)19(10-15(18)20)16(21)11-5-3-2-4-6-11/h2-9H,10H2,1H3. The van der Waals surface area contributed by atoms with Gasteiger partial charge in [-0.3, -0.25) is 14.5 Å². The van der Waals surface area contributed by atoms with E-state index in [0.717, 1.165) is 0 Å². The highest BCUT2D eigenvalue weighted by Crippen LogP contribution is 2.34. The molecule has 0 bridgehead atoms. The number of benzene rings is 2. The Bertz CT molecular complexity index is 715. The van der Waals surface area contributed by atoms with Gasteiger partial charge in [0.05, 0.1) is 11.4 Å². The number of hydrogen-bond acceptors (Lipinski definition) is 2. The molecule has 1 aliphatic rings. The molecular formula is C16H13FN2O2. The molecule has 0 N–H and O–H groups in total. The van der Waals surface area contributed by atoms with Crippen molar-refractivity contribution in [1.82, 2.24) is 0 Å². The van der Waals surface area contributed by atoms with E-state index < -0.39 is 5.82 Å². The van der Waals surface area contributed by atoms with Gasteiger partial charge in [-0.05, 0) is 30.3 Å². The minimum Gasteiger partial charge on any atom is -0.312 e. The summed E-state index contributed by atoms with van der Waals surface area (Å²) in [5.74, 6) is -0.968. The molecule has 0 fully saturated rings. The average Bonchev–Trinajstić information content (AvgIpc) is 2.51. The molecule has 2 aromatic rings. The van der Waals surface area contributed by atoms with Gasteiger partial charge >= 0.3 is 0 Å². The summed E-state index contributed by atoms with van der Waals surface area (Å²) in [6.07, 6.45) is 0. The van der Waals surface area contributed by atoms with Crippen LogP contribution in [0.5, 0.6) is 0 Å². The molecule has 1 heterocycles. The molecule has 2 aromatic carbocycles. The largest absolute Gasteiger partial charge is 0.312 e. The van der Waals surface area contributed by atoms with E-state index in [4.69, 9.17) is 0 Å². The first kappa shape index (κ1) is 13.3. The maximum atomic E-state index is 13.4. The first-order valence-electron chi connectivity index (χ1n) is 6.51. The summed E-state index contributed by atoms with van der Waals surface area (Å²) in [7, 11) is 1.57. The number of amides is 2. The second-order valence-corrected chi connectivity index (χ2v) is 4.84. The first-order valence-corrected chi connectivity index (χ1v) is 6.51. The SMILES string of the molecule is CN1C(=O)CN(C(=O)c2ccccc2)c2ccc(F)cc21. The van der Waals surface area contributed by atoms with Crippen molar-refractivity contribution in [1.29, 1.82) is 0 Å². The number of rotatable bonds is 1. The highest BCUT2D eigenvalue weighted by Gasteiger charge is 2.31. The zero-order valence-electron chi connectivity index (χ0n) is 11.4. The van der Waals surface area contributed by atoms with E-state index in [1.807, 2.05) is 6.07 Å². The number of hydrogen-bond donors (Lipinski definition) is 0. The quantitative estimate of drug-likeness (QED) is 0.807. The fourth-order valence-electron chi connectivity index (χ4n) is 2.37. The smallest absolute Gasteiger partial charge is 0.258 e. The summed E-state index contributed by atoms with van der Waals surface area (Å²) < 4.78 is 13.4. The van der Waals surface area contributed by atoms with Crippen molar-refractivity contribution in [2.75, 3.05) is 23.4 Å². The molecule has 0 unspecified atom stereocenters. The summed E-state index contributed by atoms with van der Waals surface area (Å²) in [6.45, 7) is -0.0527. The minimum absolute atomic E-state index is 0.0527. The van der Waals surface area contributed by atoms with Crippen LogP contribution in [0.3, 0.4) is 0 Å². The van der Waals surface area contributed by atoms with Crippen LogP contribution < -0.4 is 9.80 Å². The van der Waals surface area contributed by atoms with E-state index in [1.165, 1.54) is 28.0 Å². The topological polar surface area (TPSA) is 40.6 Å². The third kappa shape index (κ3) is 2.27. The van der Waals surface area contributed by atoms with Crippen LogP contribution in [0, 0.1) is 5.82 Å². The molecule has 0 aliphatic carbocycles. The van der Waals surface area contributed by atoms with Crippen molar-refractivity contribution in [3.05, 3.63) is 59.9 Å². The monoisotopic (exact) mass is 284 g/mol. The summed E-state index contributed by atoms with van der Waals surface area (Å²) >= 11 is 0. The predicted molar refractivity (Wildman–Crippen MR) is 77.9 cm³/mol. The first-order chi connectivity index (χ1) is 10.1. The van der Waals surface area contributed by atoms with Gasteiger partial charge in [-0.1, -0.05) is 18.2 Å².